The van der Waals surface area contributed by atoms with E-state index in [2.05, 4.69) is 6.92 Å². The van der Waals surface area contributed by atoms with Gasteiger partial charge < -0.3 is 10.6 Å². The summed E-state index contributed by atoms with van der Waals surface area (Å²) < 4.78 is 0. The molecule has 0 saturated carbocycles. The average molecular weight is 304 g/mol. The van der Waals surface area contributed by atoms with Gasteiger partial charge in [0, 0.05) is 25.1 Å². The lowest BCUT2D eigenvalue weighted by atomic mass is 9.98. The van der Waals surface area contributed by atoms with Crippen molar-refractivity contribution in [3.63, 3.8) is 0 Å². The standard InChI is InChI=1S/C17H24N2OS/c1-3-13-4-7-16(20)19(9-8-13)11-15-6-5-14(17(18)21)10-12(15)2/h5-6,10,13H,3-4,7-9,11H2,1-2H3,(H2,18,21). The molecule has 1 unspecified atom stereocenters. The fourth-order valence-electron chi connectivity index (χ4n) is 2.90. The van der Waals surface area contributed by atoms with Crippen LogP contribution in [0.2, 0.25) is 0 Å². The van der Waals surface area contributed by atoms with E-state index in [4.69, 9.17) is 18.0 Å². The lowest BCUT2D eigenvalue weighted by molar-refractivity contribution is -0.131. The molecule has 0 radical (unpaired) electrons. The second-order valence-electron chi connectivity index (χ2n) is 5.92. The van der Waals surface area contributed by atoms with Gasteiger partial charge in [0.25, 0.3) is 0 Å². The molecule has 1 aliphatic heterocycles. The molecule has 4 heteroatoms. The van der Waals surface area contributed by atoms with E-state index in [1.165, 1.54) is 12.0 Å². The van der Waals surface area contributed by atoms with E-state index >= 15 is 0 Å². The smallest absolute Gasteiger partial charge is 0.222 e. The zero-order chi connectivity index (χ0) is 15.4. The summed E-state index contributed by atoms with van der Waals surface area (Å²) in [5.41, 5.74) is 8.87. The van der Waals surface area contributed by atoms with Gasteiger partial charge in [-0.25, -0.2) is 0 Å². The van der Waals surface area contributed by atoms with Gasteiger partial charge in [0.1, 0.15) is 4.99 Å². The van der Waals surface area contributed by atoms with Gasteiger partial charge in [-0.15, -0.1) is 0 Å². The summed E-state index contributed by atoms with van der Waals surface area (Å²) in [7, 11) is 0. The molecule has 1 atom stereocenters. The quantitative estimate of drug-likeness (QED) is 0.869. The molecular weight excluding hydrogens is 280 g/mol. The van der Waals surface area contributed by atoms with Gasteiger partial charge in [0.15, 0.2) is 0 Å². The number of hydrogen-bond donors (Lipinski definition) is 1. The number of carbonyl (C=O) groups is 1. The fourth-order valence-corrected chi connectivity index (χ4v) is 3.03. The zero-order valence-electron chi connectivity index (χ0n) is 12.9. The van der Waals surface area contributed by atoms with Gasteiger partial charge in [-0.05, 0) is 42.9 Å². The van der Waals surface area contributed by atoms with Crippen LogP contribution in [0.3, 0.4) is 0 Å². The van der Waals surface area contributed by atoms with Crippen LogP contribution in [0.25, 0.3) is 0 Å². The van der Waals surface area contributed by atoms with E-state index in [9.17, 15) is 4.79 Å². The van der Waals surface area contributed by atoms with E-state index in [-0.39, 0.29) is 5.91 Å². The van der Waals surface area contributed by atoms with Crippen molar-refractivity contribution < 1.29 is 4.79 Å². The molecule has 3 nitrogen and oxygen atoms in total. The van der Waals surface area contributed by atoms with Crippen LogP contribution in [-0.2, 0) is 11.3 Å². The Labute approximate surface area is 132 Å². The molecule has 2 rings (SSSR count). The Kier molecular flexibility index (Phi) is 5.34. The molecule has 0 aromatic heterocycles. The summed E-state index contributed by atoms with van der Waals surface area (Å²) in [4.78, 5) is 14.7. The number of hydrogen-bond acceptors (Lipinski definition) is 2. The fraction of sp³-hybridized carbons (Fsp3) is 0.529. The summed E-state index contributed by atoms with van der Waals surface area (Å²) in [6.07, 6.45) is 4.00. The Morgan fingerprint density at radius 1 is 1.43 bits per heavy atom. The molecule has 1 fully saturated rings. The van der Waals surface area contributed by atoms with Gasteiger partial charge in [0.2, 0.25) is 5.91 Å². The lowest BCUT2D eigenvalue weighted by Gasteiger charge is -2.22. The minimum atomic E-state index is 0.281. The number of nitrogens with zero attached hydrogens (tertiary/aromatic N) is 1. The first-order chi connectivity index (χ1) is 10.0. The number of rotatable bonds is 4. The maximum atomic E-state index is 12.3. The molecule has 21 heavy (non-hydrogen) atoms. The van der Waals surface area contributed by atoms with Crippen molar-refractivity contribution in [2.45, 2.75) is 46.1 Å². The van der Waals surface area contributed by atoms with E-state index in [0.29, 0.717) is 23.9 Å². The Balaban J connectivity index is 2.10. The summed E-state index contributed by atoms with van der Waals surface area (Å²) in [5.74, 6) is 0.973. The molecule has 1 aromatic carbocycles. The third-order valence-corrected chi connectivity index (χ3v) is 4.73. The first kappa shape index (κ1) is 16.0. The Bertz CT molecular complexity index is 542. The first-order valence-electron chi connectivity index (χ1n) is 7.68. The molecule has 0 bridgehead atoms. The highest BCUT2D eigenvalue weighted by atomic mass is 32.1. The lowest BCUT2D eigenvalue weighted by Crippen LogP contribution is -2.30. The van der Waals surface area contributed by atoms with E-state index < -0.39 is 0 Å². The molecule has 1 aliphatic rings. The third-order valence-electron chi connectivity index (χ3n) is 4.49. The molecule has 2 N–H and O–H groups in total. The largest absolute Gasteiger partial charge is 0.389 e. The predicted octanol–water partition coefficient (Wildman–Crippen LogP) is 3.17. The minimum Gasteiger partial charge on any atom is -0.389 e. The highest BCUT2D eigenvalue weighted by molar-refractivity contribution is 7.80. The van der Waals surface area contributed by atoms with Crippen molar-refractivity contribution in [3.05, 3.63) is 34.9 Å². The summed E-state index contributed by atoms with van der Waals surface area (Å²) >= 11 is 5.00. The van der Waals surface area contributed by atoms with Gasteiger partial charge in [-0.2, -0.15) is 0 Å². The summed E-state index contributed by atoms with van der Waals surface area (Å²) in [6.45, 7) is 5.82. The molecule has 1 amide bonds. The van der Waals surface area contributed by atoms with E-state index in [0.717, 1.165) is 30.5 Å². The average Bonchev–Trinajstić information content (AvgIpc) is 2.63. The van der Waals surface area contributed by atoms with Crippen molar-refractivity contribution in [3.8, 4) is 0 Å². The summed E-state index contributed by atoms with van der Waals surface area (Å²) in [5, 5.41) is 0. The second kappa shape index (κ2) is 7.03. The number of carbonyl (C=O) groups excluding carboxylic acids is 1. The van der Waals surface area contributed by atoms with Crippen molar-refractivity contribution in [1.29, 1.82) is 0 Å². The molecule has 1 heterocycles. The van der Waals surface area contributed by atoms with Crippen molar-refractivity contribution in [2.75, 3.05) is 6.54 Å². The Morgan fingerprint density at radius 2 is 2.19 bits per heavy atom. The SMILES string of the molecule is CCC1CCC(=O)N(Cc2ccc(C(N)=S)cc2C)CC1. The Morgan fingerprint density at radius 3 is 2.81 bits per heavy atom. The van der Waals surface area contributed by atoms with Crippen LogP contribution >= 0.6 is 12.2 Å². The minimum absolute atomic E-state index is 0.281. The van der Waals surface area contributed by atoms with Crippen molar-refractivity contribution >= 4 is 23.1 Å². The number of likely N-dealkylation sites (tertiary alicyclic amines) is 1. The zero-order valence-corrected chi connectivity index (χ0v) is 13.7. The number of thiocarbonyl (C=S) groups is 1. The number of nitrogens with two attached hydrogens (primary N) is 1. The third kappa shape index (κ3) is 4.03. The molecule has 114 valence electrons. The molecular formula is C17H24N2OS. The van der Waals surface area contributed by atoms with Crippen LogP contribution in [0, 0.1) is 12.8 Å². The van der Waals surface area contributed by atoms with Crippen LogP contribution in [0.15, 0.2) is 18.2 Å². The number of amides is 1. The van der Waals surface area contributed by atoms with Crippen LogP contribution in [0.4, 0.5) is 0 Å². The van der Waals surface area contributed by atoms with Crippen molar-refractivity contribution in [2.24, 2.45) is 11.7 Å². The van der Waals surface area contributed by atoms with Gasteiger partial charge in [-0.3, -0.25) is 4.79 Å². The van der Waals surface area contributed by atoms with Crippen molar-refractivity contribution in [1.82, 2.24) is 4.90 Å². The van der Waals surface area contributed by atoms with Crippen LogP contribution in [0.1, 0.15) is 49.3 Å². The summed E-state index contributed by atoms with van der Waals surface area (Å²) in [6, 6.07) is 6.00. The van der Waals surface area contributed by atoms with Gasteiger partial charge in [0.05, 0.1) is 0 Å². The molecule has 1 aromatic rings. The highest BCUT2D eigenvalue weighted by Crippen LogP contribution is 2.23. The predicted molar refractivity (Wildman–Crippen MR) is 90.1 cm³/mol. The van der Waals surface area contributed by atoms with E-state index in [1.807, 2.05) is 30.0 Å². The van der Waals surface area contributed by atoms with Crippen LogP contribution < -0.4 is 5.73 Å². The van der Waals surface area contributed by atoms with Crippen LogP contribution in [0.5, 0.6) is 0 Å². The second-order valence-corrected chi connectivity index (χ2v) is 6.36. The molecule has 0 spiro atoms. The number of aryl methyl sites for hydroxylation is 1. The molecule has 0 aliphatic carbocycles. The normalized spacial score (nSPS) is 19.4. The van der Waals surface area contributed by atoms with E-state index in [1.54, 1.807) is 0 Å². The van der Waals surface area contributed by atoms with Gasteiger partial charge >= 0.3 is 0 Å². The van der Waals surface area contributed by atoms with Crippen LogP contribution in [-0.4, -0.2) is 22.3 Å². The highest BCUT2D eigenvalue weighted by Gasteiger charge is 2.22. The molecule has 1 saturated heterocycles. The maximum absolute atomic E-state index is 12.3. The topological polar surface area (TPSA) is 46.3 Å². The first-order valence-corrected chi connectivity index (χ1v) is 8.09. The maximum Gasteiger partial charge on any atom is 0.222 e. The van der Waals surface area contributed by atoms with Gasteiger partial charge in [-0.1, -0.05) is 37.7 Å². The number of benzene rings is 1. The monoisotopic (exact) mass is 304 g/mol. The Hall–Kier alpha value is -1.42.